The highest BCUT2D eigenvalue weighted by atomic mass is 35.5. The Morgan fingerprint density at radius 1 is 1.00 bits per heavy atom. The minimum Gasteiger partial charge on any atom is -0.497 e. The van der Waals surface area contributed by atoms with E-state index in [0.717, 1.165) is 48.6 Å². The molecular formula is C28H30ClN5O3. The summed E-state index contributed by atoms with van der Waals surface area (Å²) >= 11 is 5.97. The van der Waals surface area contributed by atoms with Crippen LogP contribution in [0.2, 0.25) is 5.02 Å². The maximum Gasteiger partial charge on any atom is 0.254 e. The highest BCUT2D eigenvalue weighted by Crippen LogP contribution is 2.29. The molecule has 192 valence electrons. The fourth-order valence-electron chi connectivity index (χ4n) is 4.58. The fraction of sp³-hybridized carbons (Fsp3) is 0.357. The number of hydrogen-bond acceptors (Lipinski definition) is 6. The molecular weight excluding hydrogens is 490 g/mol. The molecule has 37 heavy (non-hydrogen) atoms. The molecule has 2 aromatic carbocycles. The third kappa shape index (κ3) is 6.02. The van der Waals surface area contributed by atoms with Gasteiger partial charge in [0.05, 0.1) is 12.8 Å². The summed E-state index contributed by atoms with van der Waals surface area (Å²) in [5.74, 6) is 1.43. The number of carbonyl (C=O) groups is 2. The van der Waals surface area contributed by atoms with Crippen LogP contribution >= 0.6 is 11.6 Å². The van der Waals surface area contributed by atoms with Crippen molar-refractivity contribution in [2.75, 3.05) is 44.7 Å². The lowest BCUT2D eigenvalue weighted by molar-refractivity contribution is -0.131. The van der Waals surface area contributed by atoms with E-state index < -0.39 is 0 Å². The molecule has 0 spiro atoms. The Hall–Kier alpha value is -3.65. The molecule has 3 aromatic rings. The number of rotatable bonds is 7. The SMILES string of the molecule is COc1cccc(-c2ccc(N3CCCN(C(=O)CN(C(=O)c4ccc(Cl)cc4)C4CC4)CC3)nn2)c1. The molecule has 0 unspecified atom stereocenters. The van der Waals surface area contributed by atoms with Gasteiger partial charge in [0, 0.05) is 48.4 Å². The van der Waals surface area contributed by atoms with Crippen LogP contribution in [0, 0.1) is 0 Å². The first-order valence-electron chi connectivity index (χ1n) is 12.6. The van der Waals surface area contributed by atoms with Gasteiger partial charge in [-0.15, -0.1) is 10.2 Å². The van der Waals surface area contributed by atoms with Crippen LogP contribution in [0.3, 0.4) is 0 Å². The Morgan fingerprint density at radius 3 is 2.51 bits per heavy atom. The van der Waals surface area contributed by atoms with Crippen molar-refractivity contribution < 1.29 is 14.3 Å². The van der Waals surface area contributed by atoms with Gasteiger partial charge >= 0.3 is 0 Å². The van der Waals surface area contributed by atoms with E-state index in [1.165, 1.54) is 0 Å². The Bertz CT molecular complexity index is 1250. The Kier molecular flexibility index (Phi) is 7.55. The number of halogens is 1. The van der Waals surface area contributed by atoms with E-state index in [1.54, 1.807) is 36.3 Å². The van der Waals surface area contributed by atoms with Crippen LogP contribution in [0.1, 0.15) is 29.6 Å². The number of anilines is 1. The summed E-state index contributed by atoms with van der Waals surface area (Å²) in [6.45, 7) is 2.77. The number of carbonyl (C=O) groups excluding carboxylic acids is 2. The summed E-state index contributed by atoms with van der Waals surface area (Å²) in [4.78, 5) is 32.1. The Labute approximate surface area is 221 Å². The molecule has 8 nitrogen and oxygen atoms in total. The normalized spacial score (nSPS) is 15.7. The fourth-order valence-corrected chi connectivity index (χ4v) is 4.71. The molecule has 1 aromatic heterocycles. The highest BCUT2D eigenvalue weighted by molar-refractivity contribution is 6.30. The van der Waals surface area contributed by atoms with E-state index in [-0.39, 0.29) is 24.4 Å². The highest BCUT2D eigenvalue weighted by Gasteiger charge is 2.35. The van der Waals surface area contributed by atoms with Crippen molar-refractivity contribution >= 4 is 29.2 Å². The second kappa shape index (κ2) is 11.2. The van der Waals surface area contributed by atoms with E-state index in [1.807, 2.05) is 41.3 Å². The second-order valence-corrected chi connectivity index (χ2v) is 9.84. The lowest BCUT2D eigenvalue weighted by atomic mass is 10.1. The molecule has 2 amide bonds. The van der Waals surface area contributed by atoms with Gasteiger partial charge in [0.1, 0.15) is 12.3 Å². The van der Waals surface area contributed by atoms with Crippen molar-refractivity contribution in [2.24, 2.45) is 0 Å². The van der Waals surface area contributed by atoms with Gasteiger partial charge in [-0.1, -0.05) is 23.7 Å². The van der Waals surface area contributed by atoms with Gasteiger partial charge in [0.25, 0.3) is 5.91 Å². The van der Waals surface area contributed by atoms with Crippen molar-refractivity contribution in [3.8, 4) is 17.0 Å². The molecule has 1 saturated heterocycles. The number of methoxy groups -OCH3 is 1. The van der Waals surface area contributed by atoms with Gasteiger partial charge in [-0.25, -0.2) is 0 Å². The van der Waals surface area contributed by atoms with E-state index in [0.29, 0.717) is 30.2 Å². The quantitative estimate of drug-likeness (QED) is 0.466. The maximum absolute atomic E-state index is 13.2. The number of aromatic nitrogens is 2. The summed E-state index contributed by atoms with van der Waals surface area (Å²) in [5.41, 5.74) is 2.28. The zero-order chi connectivity index (χ0) is 25.8. The lowest BCUT2D eigenvalue weighted by Crippen LogP contribution is -2.45. The summed E-state index contributed by atoms with van der Waals surface area (Å²) in [6.07, 6.45) is 2.69. The predicted molar refractivity (Wildman–Crippen MR) is 143 cm³/mol. The van der Waals surface area contributed by atoms with Gasteiger partial charge in [-0.2, -0.15) is 0 Å². The van der Waals surface area contributed by atoms with Crippen molar-refractivity contribution in [2.45, 2.75) is 25.3 Å². The molecule has 5 rings (SSSR count). The standard InChI is InChI=1S/C28H30ClN5O3/c1-37-24-5-2-4-21(18-24)25-12-13-26(31-30-25)32-14-3-15-33(17-16-32)27(35)19-34(23-10-11-23)28(36)20-6-8-22(29)9-7-20/h2,4-9,12-13,18,23H,3,10-11,14-17,19H2,1H3. The molecule has 0 bridgehead atoms. The average molecular weight is 520 g/mol. The number of hydrogen-bond donors (Lipinski definition) is 0. The van der Waals surface area contributed by atoms with Crippen molar-refractivity contribution in [1.82, 2.24) is 20.0 Å². The largest absolute Gasteiger partial charge is 0.497 e. The Morgan fingerprint density at radius 2 is 1.81 bits per heavy atom. The maximum atomic E-state index is 13.2. The smallest absolute Gasteiger partial charge is 0.254 e. The van der Waals surface area contributed by atoms with E-state index >= 15 is 0 Å². The summed E-state index contributed by atoms with van der Waals surface area (Å²) in [6, 6.07) is 18.6. The molecule has 9 heteroatoms. The first kappa shape index (κ1) is 25.0. The van der Waals surface area contributed by atoms with Gasteiger partial charge < -0.3 is 19.4 Å². The molecule has 1 saturated carbocycles. The Balaban J connectivity index is 1.20. The van der Waals surface area contributed by atoms with Crippen LogP contribution < -0.4 is 9.64 Å². The average Bonchev–Trinajstić information content (AvgIpc) is 3.79. The zero-order valence-corrected chi connectivity index (χ0v) is 21.6. The molecule has 0 radical (unpaired) electrons. The van der Waals surface area contributed by atoms with Gasteiger partial charge in [0.2, 0.25) is 5.91 Å². The number of amides is 2. The van der Waals surface area contributed by atoms with Gasteiger partial charge in [0.15, 0.2) is 5.82 Å². The predicted octanol–water partition coefficient (Wildman–Crippen LogP) is 4.15. The van der Waals surface area contributed by atoms with Gasteiger partial charge in [-0.05, 0) is 67.8 Å². The zero-order valence-electron chi connectivity index (χ0n) is 20.8. The van der Waals surface area contributed by atoms with Crippen molar-refractivity contribution in [3.05, 3.63) is 71.2 Å². The lowest BCUT2D eigenvalue weighted by Gasteiger charge is -2.27. The first-order valence-corrected chi connectivity index (χ1v) is 13.0. The van der Waals surface area contributed by atoms with Crippen LogP contribution in [0.5, 0.6) is 5.75 Å². The van der Waals surface area contributed by atoms with Crippen molar-refractivity contribution in [3.63, 3.8) is 0 Å². The molecule has 2 fully saturated rings. The second-order valence-electron chi connectivity index (χ2n) is 9.40. The number of nitrogens with zero attached hydrogens (tertiary/aromatic N) is 5. The summed E-state index contributed by atoms with van der Waals surface area (Å²) in [7, 11) is 1.64. The van der Waals surface area contributed by atoms with Crippen LogP contribution in [0.25, 0.3) is 11.3 Å². The monoisotopic (exact) mass is 519 g/mol. The van der Waals surface area contributed by atoms with E-state index in [9.17, 15) is 9.59 Å². The molecule has 0 atom stereocenters. The van der Waals surface area contributed by atoms with E-state index in [2.05, 4.69) is 15.1 Å². The van der Waals surface area contributed by atoms with Crippen LogP contribution in [-0.4, -0.2) is 77.7 Å². The molecule has 2 heterocycles. The number of ether oxygens (including phenoxy) is 1. The molecule has 0 N–H and O–H groups in total. The molecule has 1 aliphatic carbocycles. The topological polar surface area (TPSA) is 78.9 Å². The summed E-state index contributed by atoms with van der Waals surface area (Å²) in [5, 5.41) is 9.46. The molecule has 2 aliphatic rings. The number of benzene rings is 2. The van der Waals surface area contributed by atoms with Crippen LogP contribution in [0.4, 0.5) is 5.82 Å². The minimum absolute atomic E-state index is 0.0180. The van der Waals surface area contributed by atoms with Gasteiger partial charge in [-0.3, -0.25) is 9.59 Å². The van der Waals surface area contributed by atoms with E-state index in [4.69, 9.17) is 16.3 Å². The van der Waals surface area contributed by atoms with Crippen LogP contribution in [0.15, 0.2) is 60.7 Å². The first-order chi connectivity index (χ1) is 18.0. The third-order valence-corrected chi connectivity index (χ3v) is 7.09. The molecule has 1 aliphatic heterocycles. The van der Waals surface area contributed by atoms with Crippen LogP contribution in [-0.2, 0) is 4.79 Å². The van der Waals surface area contributed by atoms with Crippen molar-refractivity contribution in [1.29, 1.82) is 0 Å². The third-order valence-electron chi connectivity index (χ3n) is 6.83. The summed E-state index contributed by atoms with van der Waals surface area (Å²) < 4.78 is 5.30. The minimum atomic E-state index is -0.115.